The summed E-state index contributed by atoms with van der Waals surface area (Å²) >= 11 is 0. The molecule has 0 fully saturated rings. The van der Waals surface area contributed by atoms with Gasteiger partial charge in [0.15, 0.2) is 5.69 Å². The topological polar surface area (TPSA) is 112 Å². The molecule has 0 atom stereocenters. The maximum absolute atomic E-state index is 13.8. The summed E-state index contributed by atoms with van der Waals surface area (Å²) in [6.07, 6.45) is 2.16. The number of nitrogens with zero attached hydrogens (tertiary/aromatic N) is 4. The molecule has 37 heavy (non-hydrogen) atoms. The third kappa shape index (κ3) is 4.18. The Labute approximate surface area is 213 Å². The lowest BCUT2D eigenvalue weighted by atomic mass is 10.0. The second-order valence-corrected chi connectivity index (χ2v) is 8.92. The lowest BCUT2D eigenvalue weighted by Gasteiger charge is -2.28. The fourth-order valence-corrected chi connectivity index (χ4v) is 4.71. The number of hydrogen-bond acceptors (Lipinski definition) is 5. The molecular weight excluding hydrogens is 470 g/mol. The second kappa shape index (κ2) is 9.42. The van der Waals surface area contributed by atoms with E-state index in [4.69, 9.17) is 10.5 Å². The van der Waals surface area contributed by atoms with Crippen molar-refractivity contribution in [2.24, 2.45) is 5.73 Å². The van der Waals surface area contributed by atoms with Crippen molar-refractivity contribution in [1.82, 2.24) is 14.3 Å². The molecule has 5 rings (SSSR count). The van der Waals surface area contributed by atoms with Crippen molar-refractivity contribution in [3.05, 3.63) is 99.2 Å². The maximum Gasteiger partial charge on any atom is 0.277 e. The fourth-order valence-electron chi connectivity index (χ4n) is 4.71. The number of carbonyl (C=O) groups is 2. The van der Waals surface area contributed by atoms with E-state index in [2.05, 4.69) is 5.10 Å². The van der Waals surface area contributed by atoms with Crippen LogP contribution < -0.4 is 20.9 Å². The second-order valence-electron chi connectivity index (χ2n) is 8.92. The van der Waals surface area contributed by atoms with Crippen LogP contribution >= 0.6 is 0 Å². The van der Waals surface area contributed by atoms with Crippen LogP contribution in [0.2, 0.25) is 0 Å². The first-order valence-electron chi connectivity index (χ1n) is 12.1. The van der Waals surface area contributed by atoms with Crippen LogP contribution in [0.5, 0.6) is 5.75 Å². The maximum atomic E-state index is 13.8. The molecule has 3 heterocycles. The number of rotatable bonds is 6. The Balaban J connectivity index is 1.55. The van der Waals surface area contributed by atoms with Crippen molar-refractivity contribution in [3.8, 4) is 17.1 Å². The Morgan fingerprint density at radius 1 is 1.03 bits per heavy atom. The van der Waals surface area contributed by atoms with Gasteiger partial charge in [-0.05, 0) is 81.3 Å². The third-order valence-electron chi connectivity index (χ3n) is 6.53. The number of amides is 2. The number of primary amides is 1. The molecule has 0 radical (unpaired) electrons. The highest BCUT2D eigenvalue weighted by Crippen LogP contribution is 2.30. The van der Waals surface area contributed by atoms with E-state index in [1.807, 2.05) is 38.1 Å². The van der Waals surface area contributed by atoms with Gasteiger partial charge in [-0.25, -0.2) is 4.68 Å². The van der Waals surface area contributed by atoms with Gasteiger partial charge in [0.1, 0.15) is 11.4 Å². The first kappa shape index (κ1) is 24.1. The summed E-state index contributed by atoms with van der Waals surface area (Å²) in [5.41, 5.74) is 10.0. The Morgan fingerprint density at radius 3 is 2.43 bits per heavy atom. The van der Waals surface area contributed by atoms with Gasteiger partial charge in [-0.3, -0.25) is 19.0 Å². The van der Waals surface area contributed by atoms with E-state index in [9.17, 15) is 14.4 Å². The Bertz CT molecular complexity index is 1580. The van der Waals surface area contributed by atoms with Gasteiger partial charge in [0.25, 0.3) is 17.4 Å². The Hall–Kier alpha value is -4.66. The van der Waals surface area contributed by atoms with Gasteiger partial charge in [-0.2, -0.15) is 5.10 Å². The number of pyridine rings is 1. The van der Waals surface area contributed by atoms with Crippen molar-refractivity contribution in [2.45, 2.75) is 27.2 Å². The van der Waals surface area contributed by atoms with Gasteiger partial charge in [-0.1, -0.05) is 6.07 Å². The zero-order chi connectivity index (χ0) is 26.3. The number of aromatic nitrogens is 3. The number of benzene rings is 2. The summed E-state index contributed by atoms with van der Waals surface area (Å²) in [5, 5.41) is 4.42. The van der Waals surface area contributed by atoms with Crippen molar-refractivity contribution in [1.29, 1.82) is 0 Å². The quantitative estimate of drug-likeness (QED) is 0.439. The molecule has 1 aliphatic rings. The Kier molecular flexibility index (Phi) is 6.12. The molecule has 0 bridgehead atoms. The highest BCUT2D eigenvalue weighted by molar-refractivity contribution is 6.09. The molecule has 9 heteroatoms. The zero-order valence-electron chi connectivity index (χ0n) is 20.9. The summed E-state index contributed by atoms with van der Waals surface area (Å²) in [6, 6.07) is 16.3. The molecule has 0 unspecified atom stereocenters. The Morgan fingerprint density at radius 2 is 1.76 bits per heavy atom. The largest absolute Gasteiger partial charge is 0.494 e. The zero-order valence-corrected chi connectivity index (χ0v) is 20.9. The average molecular weight is 498 g/mol. The predicted molar refractivity (Wildman–Crippen MR) is 140 cm³/mol. The van der Waals surface area contributed by atoms with E-state index in [0.29, 0.717) is 53.5 Å². The van der Waals surface area contributed by atoms with Crippen LogP contribution in [0, 0.1) is 13.8 Å². The van der Waals surface area contributed by atoms with Crippen LogP contribution in [-0.2, 0) is 6.42 Å². The first-order valence-corrected chi connectivity index (χ1v) is 12.1. The number of ether oxygens (including phenoxy) is 1. The molecule has 2 aromatic heterocycles. The molecule has 2 aromatic carbocycles. The average Bonchev–Trinajstić information content (AvgIpc) is 3.28. The van der Waals surface area contributed by atoms with E-state index in [0.717, 1.165) is 11.3 Å². The van der Waals surface area contributed by atoms with E-state index in [1.54, 1.807) is 52.9 Å². The van der Waals surface area contributed by atoms with E-state index in [-0.39, 0.29) is 17.2 Å². The predicted octanol–water partition coefficient (Wildman–Crippen LogP) is 3.34. The number of aryl methyl sites for hydroxylation is 2. The highest BCUT2D eigenvalue weighted by Gasteiger charge is 2.34. The van der Waals surface area contributed by atoms with Gasteiger partial charge in [0.2, 0.25) is 0 Å². The number of fused-ring (bicyclic) bond motifs is 1. The van der Waals surface area contributed by atoms with Crippen molar-refractivity contribution >= 4 is 17.5 Å². The summed E-state index contributed by atoms with van der Waals surface area (Å²) in [4.78, 5) is 40.3. The highest BCUT2D eigenvalue weighted by atomic mass is 16.5. The van der Waals surface area contributed by atoms with Crippen LogP contribution in [0.25, 0.3) is 11.4 Å². The van der Waals surface area contributed by atoms with Crippen molar-refractivity contribution in [3.63, 3.8) is 0 Å². The van der Waals surface area contributed by atoms with Gasteiger partial charge in [0, 0.05) is 29.6 Å². The van der Waals surface area contributed by atoms with Crippen molar-refractivity contribution in [2.75, 3.05) is 18.1 Å². The minimum atomic E-state index is -0.675. The number of hydrogen-bond donors (Lipinski definition) is 1. The number of carbonyl (C=O) groups excluding carboxylic acids is 2. The van der Waals surface area contributed by atoms with Crippen LogP contribution in [0.3, 0.4) is 0 Å². The minimum Gasteiger partial charge on any atom is -0.494 e. The van der Waals surface area contributed by atoms with Crippen LogP contribution in [0.1, 0.15) is 44.6 Å². The molecule has 0 saturated heterocycles. The molecule has 2 amide bonds. The lowest BCUT2D eigenvalue weighted by Crippen LogP contribution is -2.39. The van der Waals surface area contributed by atoms with Crippen molar-refractivity contribution < 1.29 is 14.3 Å². The minimum absolute atomic E-state index is 0.0877. The summed E-state index contributed by atoms with van der Waals surface area (Å²) in [7, 11) is 0. The fraction of sp³-hybridized carbons (Fsp3) is 0.214. The van der Waals surface area contributed by atoms with E-state index >= 15 is 0 Å². The lowest BCUT2D eigenvalue weighted by molar-refractivity contribution is 0.0972. The van der Waals surface area contributed by atoms with Crippen LogP contribution in [0.4, 0.5) is 5.69 Å². The van der Waals surface area contributed by atoms with E-state index in [1.165, 1.54) is 4.68 Å². The van der Waals surface area contributed by atoms with Gasteiger partial charge in [-0.15, -0.1) is 0 Å². The summed E-state index contributed by atoms with van der Waals surface area (Å²) < 4.78 is 8.60. The first-order chi connectivity index (χ1) is 17.8. The van der Waals surface area contributed by atoms with Gasteiger partial charge in [0.05, 0.1) is 18.0 Å². The smallest absolute Gasteiger partial charge is 0.277 e. The van der Waals surface area contributed by atoms with Crippen LogP contribution in [0.15, 0.2) is 65.6 Å². The molecule has 0 spiro atoms. The number of anilines is 1. The van der Waals surface area contributed by atoms with Crippen LogP contribution in [-0.4, -0.2) is 39.3 Å². The monoisotopic (exact) mass is 497 g/mol. The molecule has 188 valence electrons. The summed E-state index contributed by atoms with van der Waals surface area (Å²) in [5.74, 6) is -0.264. The van der Waals surface area contributed by atoms with Gasteiger partial charge < -0.3 is 15.4 Å². The molecule has 0 aliphatic carbocycles. The van der Waals surface area contributed by atoms with E-state index < -0.39 is 5.91 Å². The number of nitrogens with two attached hydrogens (primary N) is 1. The van der Waals surface area contributed by atoms with Gasteiger partial charge >= 0.3 is 0 Å². The standard InChI is InChI=1S/C28H27N5O4/c1-4-37-21-10-7-19(8-11-21)33-25-22(24(30-33)26(29)34)13-15-31(28(25)36)20-9-12-23(18(3)16-20)32-14-5-6-17(2)27(32)35/h5-12,14,16H,4,13,15H2,1-3H3,(H2,29,34). The third-order valence-corrected chi connectivity index (χ3v) is 6.53. The molecular formula is C28H27N5O4. The molecule has 0 saturated carbocycles. The summed E-state index contributed by atoms with van der Waals surface area (Å²) in [6.45, 7) is 6.48. The SMILES string of the molecule is CCOc1ccc(-n2nc(C(N)=O)c3c2C(=O)N(c2ccc(-n4cccc(C)c4=O)c(C)c2)CC3)cc1. The molecule has 1 aliphatic heterocycles. The molecule has 4 aromatic rings. The molecule has 2 N–H and O–H groups in total. The molecule has 9 nitrogen and oxygen atoms in total. The normalized spacial score (nSPS) is 12.9.